The predicted octanol–water partition coefficient (Wildman–Crippen LogP) is 0.667. The molecule has 0 fully saturated rings. The summed E-state index contributed by atoms with van der Waals surface area (Å²) in [4.78, 5) is 8.90. The molecule has 12 heavy (non-hydrogen) atoms. The van der Waals surface area contributed by atoms with Crippen LogP contribution in [0.1, 0.15) is 0 Å². The number of nitrogens with zero attached hydrogens (tertiary/aromatic N) is 1. The molecule has 0 heterocycles. The summed E-state index contributed by atoms with van der Waals surface area (Å²) in [5, 5.41) is 10.0. The maximum Gasteiger partial charge on any atom is 0.340 e. The molecule has 0 saturated carbocycles. The molecule has 0 N–H and O–H groups in total. The van der Waals surface area contributed by atoms with Crippen molar-refractivity contribution in [1.82, 2.24) is 0 Å². The van der Waals surface area contributed by atoms with Gasteiger partial charge in [-0.3, -0.25) is 10.1 Å². The molecule has 6 heteroatoms. The number of hydrogen-bond donors (Lipinski definition) is 0. The summed E-state index contributed by atoms with van der Waals surface area (Å²) in [6.45, 7) is 0. The molecule has 1 aromatic carbocycles. The lowest BCUT2D eigenvalue weighted by Gasteiger charge is -1.96. The SMILES string of the molecule is [B]c1cc(F)c([N+](=O)[O-])c(F)c1. The van der Waals surface area contributed by atoms with Crippen molar-refractivity contribution < 1.29 is 13.7 Å². The van der Waals surface area contributed by atoms with Crippen LogP contribution in [-0.2, 0) is 0 Å². The topological polar surface area (TPSA) is 43.1 Å². The van der Waals surface area contributed by atoms with Crippen molar-refractivity contribution in [2.24, 2.45) is 0 Å². The molecule has 60 valence electrons. The molecule has 0 aliphatic heterocycles. The third kappa shape index (κ3) is 1.41. The van der Waals surface area contributed by atoms with Gasteiger partial charge in [0.2, 0.25) is 11.6 Å². The molecule has 0 aliphatic rings. The van der Waals surface area contributed by atoms with Gasteiger partial charge in [-0.1, -0.05) is 5.46 Å². The Morgan fingerprint density at radius 2 is 1.75 bits per heavy atom. The van der Waals surface area contributed by atoms with Gasteiger partial charge in [0.15, 0.2) is 0 Å². The van der Waals surface area contributed by atoms with Crippen LogP contribution in [0.3, 0.4) is 0 Å². The highest BCUT2D eigenvalue weighted by molar-refractivity contribution is 6.32. The number of nitro groups is 1. The van der Waals surface area contributed by atoms with E-state index in [-0.39, 0.29) is 5.46 Å². The summed E-state index contributed by atoms with van der Waals surface area (Å²) >= 11 is 0. The van der Waals surface area contributed by atoms with Crippen LogP contribution in [-0.4, -0.2) is 12.8 Å². The lowest BCUT2D eigenvalue weighted by atomic mass is 9.96. The Hall–Kier alpha value is -1.46. The molecule has 0 saturated heterocycles. The van der Waals surface area contributed by atoms with E-state index in [2.05, 4.69) is 0 Å². The van der Waals surface area contributed by atoms with Crippen LogP contribution >= 0.6 is 0 Å². The van der Waals surface area contributed by atoms with Gasteiger partial charge in [0.05, 0.1) is 4.92 Å². The second-order valence-corrected chi connectivity index (χ2v) is 2.09. The Bertz CT molecular complexity index is 319. The van der Waals surface area contributed by atoms with Crippen LogP contribution in [0.4, 0.5) is 14.5 Å². The van der Waals surface area contributed by atoms with Crippen molar-refractivity contribution in [2.45, 2.75) is 0 Å². The Labute approximate surface area is 67.6 Å². The number of rotatable bonds is 1. The Morgan fingerprint density at radius 1 is 1.33 bits per heavy atom. The first-order valence-electron chi connectivity index (χ1n) is 2.91. The van der Waals surface area contributed by atoms with Crippen LogP contribution < -0.4 is 5.46 Å². The van der Waals surface area contributed by atoms with Crippen LogP contribution in [0, 0.1) is 21.7 Å². The second-order valence-electron chi connectivity index (χ2n) is 2.09. The third-order valence-corrected chi connectivity index (χ3v) is 1.22. The van der Waals surface area contributed by atoms with Crippen LogP contribution in [0.25, 0.3) is 0 Å². The number of benzene rings is 1. The molecule has 0 bridgehead atoms. The van der Waals surface area contributed by atoms with Crippen LogP contribution in [0.5, 0.6) is 0 Å². The molecule has 0 amide bonds. The molecule has 1 aromatic rings. The van der Waals surface area contributed by atoms with Crippen LogP contribution in [0.2, 0.25) is 0 Å². The average molecular weight is 169 g/mol. The normalized spacial score (nSPS) is 9.83. The monoisotopic (exact) mass is 169 g/mol. The standard InChI is InChI=1S/C6H2BF2NO2/c7-3-1-4(8)6(10(11)12)5(9)2-3/h1-2H. The van der Waals surface area contributed by atoms with Crippen molar-refractivity contribution in [3.8, 4) is 0 Å². The van der Waals surface area contributed by atoms with E-state index >= 15 is 0 Å². The Morgan fingerprint density at radius 3 is 2.08 bits per heavy atom. The van der Waals surface area contributed by atoms with Gasteiger partial charge in [-0.25, -0.2) is 0 Å². The first kappa shape index (κ1) is 8.64. The minimum Gasteiger partial charge on any atom is -0.258 e. The highest BCUT2D eigenvalue weighted by Crippen LogP contribution is 2.18. The third-order valence-electron chi connectivity index (χ3n) is 1.22. The maximum atomic E-state index is 12.6. The quantitative estimate of drug-likeness (QED) is 0.352. The lowest BCUT2D eigenvalue weighted by Crippen LogP contribution is -2.07. The molecular weight excluding hydrogens is 167 g/mol. The summed E-state index contributed by atoms with van der Waals surface area (Å²) in [5.74, 6) is -2.53. The van der Waals surface area contributed by atoms with Gasteiger partial charge < -0.3 is 0 Å². The van der Waals surface area contributed by atoms with Gasteiger partial charge in [-0.15, -0.1) is 0 Å². The molecule has 0 spiro atoms. The smallest absolute Gasteiger partial charge is 0.258 e. The van der Waals surface area contributed by atoms with Crippen LogP contribution in [0.15, 0.2) is 12.1 Å². The van der Waals surface area contributed by atoms with Crippen molar-refractivity contribution in [1.29, 1.82) is 0 Å². The maximum absolute atomic E-state index is 12.6. The van der Waals surface area contributed by atoms with Gasteiger partial charge in [-0.2, -0.15) is 8.78 Å². The zero-order valence-corrected chi connectivity index (χ0v) is 5.75. The summed E-state index contributed by atoms with van der Waals surface area (Å²) in [5.41, 5.74) is -1.36. The molecule has 0 unspecified atom stereocenters. The van der Waals surface area contributed by atoms with E-state index in [1.54, 1.807) is 0 Å². The van der Waals surface area contributed by atoms with E-state index in [1.807, 2.05) is 0 Å². The summed E-state index contributed by atoms with van der Waals surface area (Å²) in [6.07, 6.45) is 0. The van der Waals surface area contributed by atoms with E-state index < -0.39 is 22.2 Å². The van der Waals surface area contributed by atoms with Gasteiger partial charge in [0, 0.05) is 0 Å². The van der Waals surface area contributed by atoms with E-state index in [1.165, 1.54) is 0 Å². The number of nitro benzene ring substituents is 1. The molecule has 0 atom stereocenters. The minimum atomic E-state index is -1.27. The van der Waals surface area contributed by atoms with Crippen molar-refractivity contribution >= 4 is 19.0 Å². The zero-order valence-electron chi connectivity index (χ0n) is 5.75. The van der Waals surface area contributed by atoms with E-state index in [9.17, 15) is 18.9 Å². The second kappa shape index (κ2) is 2.88. The van der Waals surface area contributed by atoms with Gasteiger partial charge in [0.25, 0.3) is 0 Å². The van der Waals surface area contributed by atoms with Crippen molar-refractivity contribution in [2.75, 3.05) is 0 Å². The molecular formula is C6H2BF2NO2. The lowest BCUT2D eigenvalue weighted by molar-refractivity contribution is -0.390. The Kier molecular flexibility index (Phi) is 2.08. The zero-order chi connectivity index (χ0) is 9.30. The van der Waals surface area contributed by atoms with E-state index in [4.69, 9.17) is 7.85 Å². The summed E-state index contributed by atoms with van der Waals surface area (Å²) < 4.78 is 25.2. The highest BCUT2D eigenvalue weighted by Gasteiger charge is 2.20. The molecule has 3 nitrogen and oxygen atoms in total. The molecule has 0 aliphatic carbocycles. The van der Waals surface area contributed by atoms with Crippen molar-refractivity contribution in [3.63, 3.8) is 0 Å². The highest BCUT2D eigenvalue weighted by atomic mass is 19.1. The summed E-state index contributed by atoms with van der Waals surface area (Å²) in [6, 6.07) is 1.39. The van der Waals surface area contributed by atoms with Crippen molar-refractivity contribution in [3.05, 3.63) is 33.9 Å². The first-order valence-corrected chi connectivity index (χ1v) is 2.91. The van der Waals surface area contributed by atoms with E-state index in [0.29, 0.717) is 12.1 Å². The Balaban J connectivity index is 3.38. The fraction of sp³-hybridized carbons (Fsp3) is 0. The average Bonchev–Trinajstić information content (AvgIpc) is 1.82. The fourth-order valence-corrected chi connectivity index (χ4v) is 0.760. The number of halogens is 2. The minimum absolute atomic E-state index is 0.185. The number of hydrogen-bond acceptors (Lipinski definition) is 2. The van der Waals surface area contributed by atoms with Gasteiger partial charge in [0.1, 0.15) is 7.85 Å². The van der Waals surface area contributed by atoms with Gasteiger partial charge in [-0.05, 0) is 12.1 Å². The van der Waals surface area contributed by atoms with Gasteiger partial charge >= 0.3 is 5.69 Å². The predicted molar refractivity (Wildman–Crippen MR) is 38.4 cm³/mol. The largest absolute Gasteiger partial charge is 0.340 e. The summed E-state index contributed by atoms with van der Waals surface area (Å²) in [7, 11) is 5.03. The first-order chi connectivity index (χ1) is 5.52. The molecule has 0 aromatic heterocycles. The molecule has 2 radical (unpaired) electrons. The fourth-order valence-electron chi connectivity index (χ4n) is 0.760. The molecule has 1 rings (SSSR count). The van der Waals surface area contributed by atoms with E-state index in [0.717, 1.165) is 0 Å².